The second-order valence-corrected chi connectivity index (χ2v) is 5.60. The normalized spacial score (nSPS) is 17.6. The molecule has 2 rings (SSSR count). The molecule has 0 bridgehead atoms. The Kier molecular flexibility index (Phi) is 5.22. The van der Waals surface area contributed by atoms with Crippen molar-refractivity contribution in [1.82, 2.24) is 4.90 Å². The topological polar surface area (TPSA) is 29.5 Å². The van der Waals surface area contributed by atoms with E-state index in [9.17, 15) is 4.79 Å². The van der Waals surface area contributed by atoms with E-state index < -0.39 is 0 Å². The Labute approximate surface area is 123 Å². The van der Waals surface area contributed by atoms with Crippen LogP contribution in [0.25, 0.3) is 0 Å². The number of hydrogen-bond donors (Lipinski definition) is 0. The number of likely N-dealkylation sites (tertiary alicyclic amines) is 1. The molecule has 1 aromatic rings. The summed E-state index contributed by atoms with van der Waals surface area (Å²) in [5, 5.41) is 0.993. The highest BCUT2D eigenvalue weighted by Crippen LogP contribution is 2.22. The molecule has 0 saturated carbocycles. The molecule has 1 fully saturated rings. The molecule has 0 spiro atoms. The fourth-order valence-electron chi connectivity index (χ4n) is 2.30. The van der Waals surface area contributed by atoms with Crippen molar-refractivity contribution < 1.29 is 9.53 Å². The second-order valence-electron chi connectivity index (χ2n) is 4.76. The van der Waals surface area contributed by atoms with Crippen LogP contribution in [0.5, 0.6) is 0 Å². The Hall–Kier alpha value is -0.610. The molecular weight excluding hydrogens is 285 g/mol. The van der Waals surface area contributed by atoms with Crippen LogP contribution in [0, 0.1) is 0 Å². The summed E-state index contributed by atoms with van der Waals surface area (Å²) >= 11 is 11.9. The largest absolute Gasteiger partial charge is 0.381 e. The number of carbonyl (C=O) groups excluding carboxylic acids is 1. The third kappa shape index (κ3) is 3.93. The zero-order valence-corrected chi connectivity index (χ0v) is 12.4. The van der Waals surface area contributed by atoms with E-state index in [-0.39, 0.29) is 5.78 Å². The molecule has 0 unspecified atom stereocenters. The standard InChI is InChI=1S/C14H17Cl2NO2/c1-19-11-4-6-17(7-5-11)9-14(18)12-8-10(15)2-3-13(12)16/h2-3,8,11H,4-7,9H2,1H3. The minimum Gasteiger partial charge on any atom is -0.381 e. The van der Waals surface area contributed by atoms with Crippen molar-refractivity contribution in [2.24, 2.45) is 0 Å². The van der Waals surface area contributed by atoms with Gasteiger partial charge in [0.15, 0.2) is 5.78 Å². The molecule has 0 N–H and O–H groups in total. The molecule has 19 heavy (non-hydrogen) atoms. The second kappa shape index (κ2) is 6.71. The van der Waals surface area contributed by atoms with Gasteiger partial charge in [-0.05, 0) is 31.0 Å². The Bertz CT molecular complexity index is 457. The lowest BCUT2D eigenvalue weighted by Crippen LogP contribution is -2.39. The Balaban J connectivity index is 1.96. The highest BCUT2D eigenvalue weighted by atomic mass is 35.5. The van der Waals surface area contributed by atoms with Crippen molar-refractivity contribution in [1.29, 1.82) is 0 Å². The van der Waals surface area contributed by atoms with Crippen molar-refractivity contribution in [3.63, 3.8) is 0 Å². The first-order valence-electron chi connectivity index (χ1n) is 6.33. The lowest BCUT2D eigenvalue weighted by molar-refractivity contribution is 0.0401. The van der Waals surface area contributed by atoms with Crippen LogP contribution < -0.4 is 0 Å². The molecule has 1 aliphatic rings. The van der Waals surface area contributed by atoms with Crippen molar-refractivity contribution in [3.8, 4) is 0 Å². The van der Waals surface area contributed by atoms with Gasteiger partial charge in [-0.1, -0.05) is 23.2 Å². The first-order chi connectivity index (χ1) is 9.10. The number of hydrogen-bond acceptors (Lipinski definition) is 3. The van der Waals surface area contributed by atoms with Crippen LogP contribution in [-0.2, 0) is 4.74 Å². The molecule has 0 aliphatic carbocycles. The van der Waals surface area contributed by atoms with E-state index in [4.69, 9.17) is 27.9 Å². The molecule has 0 amide bonds. The molecule has 104 valence electrons. The summed E-state index contributed by atoms with van der Waals surface area (Å²) in [5.41, 5.74) is 0.503. The summed E-state index contributed by atoms with van der Waals surface area (Å²) in [6.45, 7) is 2.14. The average molecular weight is 302 g/mol. The summed E-state index contributed by atoms with van der Waals surface area (Å²) in [5.74, 6) is 0.0170. The number of nitrogens with zero attached hydrogens (tertiary/aromatic N) is 1. The van der Waals surface area contributed by atoms with Gasteiger partial charge in [0.25, 0.3) is 0 Å². The van der Waals surface area contributed by atoms with Crippen molar-refractivity contribution in [3.05, 3.63) is 33.8 Å². The highest BCUT2D eigenvalue weighted by molar-refractivity contribution is 6.36. The van der Waals surface area contributed by atoms with Crippen molar-refractivity contribution >= 4 is 29.0 Å². The van der Waals surface area contributed by atoms with Crippen LogP contribution in [0.3, 0.4) is 0 Å². The minimum atomic E-state index is 0.0170. The molecule has 5 heteroatoms. The SMILES string of the molecule is COC1CCN(CC(=O)c2cc(Cl)ccc2Cl)CC1. The van der Waals surface area contributed by atoms with Gasteiger partial charge in [-0.25, -0.2) is 0 Å². The van der Waals surface area contributed by atoms with Crippen LogP contribution >= 0.6 is 23.2 Å². The number of ketones is 1. The third-order valence-electron chi connectivity index (χ3n) is 3.46. The Morgan fingerprint density at radius 3 is 2.68 bits per heavy atom. The van der Waals surface area contributed by atoms with Gasteiger partial charge < -0.3 is 4.74 Å². The smallest absolute Gasteiger partial charge is 0.178 e. The molecule has 3 nitrogen and oxygen atoms in total. The maximum atomic E-state index is 12.2. The van der Waals surface area contributed by atoms with Crippen LogP contribution in [0.1, 0.15) is 23.2 Å². The van der Waals surface area contributed by atoms with Crippen LogP contribution in [0.4, 0.5) is 0 Å². The maximum Gasteiger partial charge on any atom is 0.178 e. The first-order valence-corrected chi connectivity index (χ1v) is 7.09. The monoisotopic (exact) mass is 301 g/mol. The van der Waals surface area contributed by atoms with E-state index in [2.05, 4.69) is 4.90 Å². The van der Waals surface area contributed by atoms with Gasteiger partial charge in [-0.15, -0.1) is 0 Å². The Morgan fingerprint density at radius 1 is 1.37 bits per heavy atom. The maximum absolute atomic E-state index is 12.2. The van der Waals surface area contributed by atoms with Gasteiger partial charge in [0.2, 0.25) is 0 Å². The molecule has 1 saturated heterocycles. The first kappa shape index (κ1) is 14.8. The number of rotatable bonds is 4. The molecule has 1 heterocycles. The van der Waals surface area contributed by atoms with Gasteiger partial charge >= 0.3 is 0 Å². The van der Waals surface area contributed by atoms with Crippen LogP contribution in [0.15, 0.2) is 18.2 Å². The van der Waals surface area contributed by atoms with E-state index in [1.807, 2.05) is 0 Å². The number of piperidine rings is 1. The summed E-state index contributed by atoms with van der Waals surface area (Å²) in [4.78, 5) is 14.4. The third-order valence-corrected chi connectivity index (χ3v) is 4.03. The number of ether oxygens (including phenoxy) is 1. The quantitative estimate of drug-likeness (QED) is 0.799. The predicted octanol–water partition coefficient (Wildman–Crippen LogP) is 3.29. The lowest BCUT2D eigenvalue weighted by atomic mass is 10.1. The molecule has 1 aromatic carbocycles. The minimum absolute atomic E-state index is 0.0170. The van der Waals surface area contributed by atoms with Gasteiger partial charge in [-0.2, -0.15) is 0 Å². The molecule has 1 aliphatic heterocycles. The predicted molar refractivity (Wildman–Crippen MR) is 77.3 cm³/mol. The zero-order valence-electron chi connectivity index (χ0n) is 10.9. The van der Waals surface area contributed by atoms with Crippen LogP contribution in [-0.4, -0.2) is 43.5 Å². The molecule has 0 aromatic heterocycles. The van der Waals surface area contributed by atoms with Gasteiger partial charge in [0, 0.05) is 30.8 Å². The van der Waals surface area contributed by atoms with E-state index in [0.29, 0.717) is 28.3 Å². The summed E-state index contributed by atoms with van der Waals surface area (Å²) in [6, 6.07) is 4.98. The average Bonchev–Trinajstić information content (AvgIpc) is 2.42. The van der Waals surface area contributed by atoms with Crippen molar-refractivity contribution in [2.75, 3.05) is 26.7 Å². The highest BCUT2D eigenvalue weighted by Gasteiger charge is 2.21. The molecular formula is C14H17Cl2NO2. The summed E-state index contributed by atoms with van der Waals surface area (Å²) in [6.07, 6.45) is 2.25. The van der Waals surface area contributed by atoms with E-state index in [1.165, 1.54) is 0 Å². The molecule has 0 radical (unpaired) electrons. The fraction of sp³-hybridized carbons (Fsp3) is 0.500. The lowest BCUT2D eigenvalue weighted by Gasteiger charge is -2.30. The number of halogens is 2. The van der Waals surface area contributed by atoms with Gasteiger partial charge in [0.1, 0.15) is 0 Å². The Morgan fingerprint density at radius 2 is 2.05 bits per heavy atom. The van der Waals surface area contributed by atoms with Gasteiger partial charge in [-0.3, -0.25) is 9.69 Å². The number of Topliss-reactive ketones (excluding diaryl/α,β-unsaturated/α-hetero) is 1. The number of benzene rings is 1. The van der Waals surface area contributed by atoms with E-state index >= 15 is 0 Å². The van der Waals surface area contributed by atoms with Crippen LogP contribution in [0.2, 0.25) is 10.0 Å². The summed E-state index contributed by atoms with van der Waals surface area (Å²) in [7, 11) is 1.73. The number of carbonyl (C=O) groups is 1. The van der Waals surface area contributed by atoms with E-state index in [0.717, 1.165) is 25.9 Å². The summed E-state index contributed by atoms with van der Waals surface area (Å²) < 4.78 is 5.31. The van der Waals surface area contributed by atoms with E-state index in [1.54, 1.807) is 25.3 Å². The fourth-order valence-corrected chi connectivity index (χ4v) is 2.70. The van der Waals surface area contributed by atoms with Crippen molar-refractivity contribution in [2.45, 2.75) is 18.9 Å². The zero-order chi connectivity index (χ0) is 13.8. The number of methoxy groups -OCH3 is 1. The molecule has 0 atom stereocenters. The van der Waals surface area contributed by atoms with Gasteiger partial charge in [0.05, 0.1) is 17.7 Å².